The molecule has 0 spiro atoms. The van der Waals surface area contributed by atoms with Gasteiger partial charge in [-0.15, -0.1) is 0 Å². The van der Waals surface area contributed by atoms with Crippen LogP contribution in [0, 0.1) is 0 Å². The minimum absolute atomic E-state index is 0.133. The number of carbonyl (C=O) groups is 1. The molecule has 1 saturated heterocycles. The zero-order chi connectivity index (χ0) is 18.4. The van der Waals surface area contributed by atoms with Gasteiger partial charge in [0.25, 0.3) is 0 Å². The first kappa shape index (κ1) is 18.4. The fourth-order valence-corrected chi connectivity index (χ4v) is 3.33. The van der Waals surface area contributed by atoms with Crippen molar-refractivity contribution in [3.63, 3.8) is 0 Å². The van der Waals surface area contributed by atoms with Gasteiger partial charge in [-0.3, -0.25) is 4.79 Å². The van der Waals surface area contributed by atoms with E-state index < -0.39 is 0 Å². The van der Waals surface area contributed by atoms with Gasteiger partial charge in [0.15, 0.2) is 0 Å². The van der Waals surface area contributed by atoms with E-state index in [4.69, 9.17) is 16.3 Å². The first-order chi connectivity index (χ1) is 12.7. The number of hydrogen-bond donors (Lipinski definition) is 2. The largest absolute Gasteiger partial charge is 0.495 e. The summed E-state index contributed by atoms with van der Waals surface area (Å²) in [4.78, 5) is 14.5. The SMILES string of the molecule is COc1ccc(NC(=O)CNc2ccc(N3CCCCC3)cc2)cc1Cl. The highest BCUT2D eigenvalue weighted by Gasteiger charge is 2.11. The number of ether oxygens (including phenoxy) is 1. The van der Waals surface area contributed by atoms with E-state index in [-0.39, 0.29) is 12.5 Å². The Morgan fingerprint density at radius 2 is 1.77 bits per heavy atom. The van der Waals surface area contributed by atoms with E-state index in [0.717, 1.165) is 18.8 Å². The van der Waals surface area contributed by atoms with Gasteiger partial charge in [0.2, 0.25) is 5.91 Å². The fourth-order valence-electron chi connectivity index (χ4n) is 3.07. The molecule has 0 bridgehead atoms. The molecule has 1 heterocycles. The van der Waals surface area contributed by atoms with E-state index in [1.54, 1.807) is 25.3 Å². The van der Waals surface area contributed by atoms with Gasteiger partial charge in [0.1, 0.15) is 5.75 Å². The number of methoxy groups -OCH3 is 1. The Kier molecular flexibility index (Phi) is 6.23. The third-order valence-corrected chi connectivity index (χ3v) is 4.77. The number of anilines is 3. The van der Waals surface area contributed by atoms with Gasteiger partial charge in [-0.25, -0.2) is 0 Å². The second-order valence-electron chi connectivity index (χ2n) is 6.35. The van der Waals surface area contributed by atoms with Crippen molar-refractivity contribution in [2.45, 2.75) is 19.3 Å². The van der Waals surface area contributed by atoms with Gasteiger partial charge in [-0.2, -0.15) is 0 Å². The van der Waals surface area contributed by atoms with Crippen molar-refractivity contribution in [1.82, 2.24) is 0 Å². The predicted octanol–water partition coefficient (Wildman–Crippen LogP) is 4.39. The number of benzene rings is 2. The lowest BCUT2D eigenvalue weighted by Crippen LogP contribution is -2.29. The Balaban J connectivity index is 1.50. The number of piperidine rings is 1. The minimum Gasteiger partial charge on any atom is -0.495 e. The zero-order valence-electron chi connectivity index (χ0n) is 14.9. The van der Waals surface area contributed by atoms with Crippen molar-refractivity contribution < 1.29 is 9.53 Å². The summed E-state index contributed by atoms with van der Waals surface area (Å²) < 4.78 is 5.10. The lowest BCUT2D eigenvalue weighted by Gasteiger charge is -2.28. The van der Waals surface area contributed by atoms with E-state index in [1.807, 2.05) is 12.1 Å². The van der Waals surface area contributed by atoms with Crippen molar-refractivity contribution >= 4 is 34.6 Å². The van der Waals surface area contributed by atoms with Gasteiger partial charge in [0, 0.05) is 30.2 Å². The molecule has 2 aromatic rings. The molecule has 0 radical (unpaired) electrons. The molecule has 0 aromatic heterocycles. The Morgan fingerprint density at radius 3 is 2.42 bits per heavy atom. The van der Waals surface area contributed by atoms with Crippen molar-refractivity contribution in [3.8, 4) is 5.75 Å². The number of carbonyl (C=O) groups excluding carboxylic acids is 1. The average molecular weight is 374 g/mol. The van der Waals surface area contributed by atoms with Crippen LogP contribution in [0.1, 0.15) is 19.3 Å². The second-order valence-corrected chi connectivity index (χ2v) is 6.75. The molecule has 1 amide bonds. The first-order valence-corrected chi connectivity index (χ1v) is 9.26. The molecular weight excluding hydrogens is 350 g/mol. The number of amides is 1. The summed E-state index contributed by atoms with van der Waals surface area (Å²) in [5, 5.41) is 6.43. The highest BCUT2D eigenvalue weighted by Crippen LogP contribution is 2.27. The molecule has 0 unspecified atom stereocenters. The highest BCUT2D eigenvalue weighted by molar-refractivity contribution is 6.32. The van der Waals surface area contributed by atoms with Gasteiger partial charge in [-0.1, -0.05) is 11.6 Å². The molecule has 3 rings (SSSR count). The maximum absolute atomic E-state index is 12.1. The molecule has 1 aliphatic heterocycles. The molecule has 0 aliphatic carbocycles. The fraction of sp³-hybridized carbons (Fsp3) is 0.350. The van der Waals surface area contributed by atoms with Crippen molar-refractivity contribution in [2.75, 3.05) is 42.3 Å². The maximum atomic E-state index is 12.1. The summed E-state index contributed by atoms with van der Waals surface area (Å²) in [7, 11) is 1.56. The lowest BCUT2D eigenvalue weighted by atomic mass is 10.1. The molecule has 1 fully saturated rings. The van der Waals surface area contributed by atoms with Crippen LogP contribution in [0.4, 0.5) is 17.1 Å². The molecular formula is C20H24ClN3O2. The van der Waals surface area contributed by atoms with E-state index in [1.165, 1.54) is 24.9 Å². The summed E-state index contributed by atoms with van der Waals surface area (Å²) in [6.07, 6.45) is 3.84. The van der Waals surface area contributed by atoms with Gasteiger partial charge in [0.05, 0.1) is 18.7 Å². The zero-order valence-corrected chi connectivity index (χ0v) is 15.7. The van der Waals surface area contributed by atoms with Crippen LogP contribution in [-0.4, -0.2) is 32.7 Å². The van der Waals surface area contributed by atoms with Gasteiger partial charge in [-0.05, 0) is 61.7 Å². The van der Waals surface area contributed by atoms with Crippen molar-refractivity contribution in [3.05, 3.63) is 47.5 Å². The normalized spacial score (nSPS) is 14.0. The van der Waals surface area contributed by atoms with Crippen LogP contribution in [0.3, 0.4) is 0 Å². The molecule has 26 heavy (non-hydrogen) atoms. The van der Waals surface area contributed by atoms with Gasteiger partial charge >= 0.3 is 0 Å². The van der Waals surface area contributed by atoms with Crippen LogP contribution in [0.5, 0.6) is 5.75 Å². The molecule has 1 aliphatic rings. The molecule has 0 saturated carbocycles. The Morgan fingerprint density at radius 1 is 1.08 bits per heavy atom. The number of nitrogens with one attached hydrogen (secondary N) is 2. The minimum atomic E-state index is -0.133. The molecule has 2 aromatic carbocycles. The number of hydrogen-bond acceptors (Lipinski definition) is 4. The van der Waals surface area contributed by atoms with Crippen LogP contribution < -0.4 is 20.3 Å². The maximum Gasteiger partial charge on any atom is 0.243 e. The van der Waals surface area contributed by atoms with E-state index in [2.05, 4.69) is 27.7 Å². The standard InChI is InChI=1S/C20H24ClN3O2/c1-26-19-10-7-16(13-18(19)21)23-20(25)14-22-15-5-8-17(9-6-15)24-11-3-2-4-12-24/h5-10,13,22H,2-4,11-12,14H2,1H3,(H,23,25). The number of halogens is 1. The smallest absolute Gasteiger partial charge is 0.243 e. The molecule has 5 nitrogen and oxygen atoms in total. The lowest BCUT2D eigenvalue weighted by molar-refractivity contribution is -0.114. The third kappa shape index (κ3) is 4.82. The Labute approximate surface area is 159 Å². The molecule has 138 valence electrons. The van der Waals surface area contributed by atoms with Crippen LogP contribution in [-0.2, 0) is 4.79 Å². The van der Waals surface area contributed by atoms with Crippen LogP contribution in [0.15, 0.2) is 42.5 Å². The van der Waals surface area contributed by atoms with E-state index in [9.17, 15) is 4.79 Å². The van der Waals surface area contributed by atoms with Crippen molar-refractivity contribution in [1.29, 1.82) is 0 Å². The molecule has 0 atom stereocenters. The predicted molar refractivity (Wildman–Crippen MR) is 108 cm³/mol. The Hall–Kier alpha value is -2.40. The monoisotopic (exact) mass is 373 g/mol. The summed E-state index contributed by atoms with van der Waals surface area (Å²) in [5.41, 5.74) is 2.81. The summed E-state index contributed by atoms with van der Waals surface area (Å²) in [6, 6.07) is 13.4. The van der Waals surface area contributed by atoms with E-state index >= 15 is 0 Å². The highest BCUT2D eigenvalue weighted by atomic mass is 35.5. The Bertz CT molecular complexity index is 743. The average Bonchev–Trinajstić information content (AvgIpc) is 2.68. The van der Waals surface area contributed by atoms with Crippen molar-refractivity contribution in [2.24, 2.45) is 0 Å². The first-order valence-electron chi connectivity index (χ1n) is 8.88. The topological polar surface area (TPSA) is 53.6 Å². The third-order valence-electron chi connectivity index (χ3n) is 4.48. The second kappa shape index (κ2) is 8.81. The number of rotatable bonds is 6. The summed E-state index contributed by atoms with van der Waals surface area (Å²) >= 11 is 6.07. The molecule has 6 heteroatoms. The van der Waals surface area contributed by atoms with Crippen LogP contribution in [0.2, 0.25) is 5.02 Å². The molecule has 2 N–H and O–H groups in total. The van der Waals surface area contributed by atoms with E-state index in [0.29, 0.717) is 16.5 Å². The van der Waals surface area contributed by atoms with Crippen LogP contribution in [0.25, 0.3) is 0 Å². The summed E-state index contributed by atoms with van der Waals surface area (Å²) in [6.45, 7) is 2.44. The quantitative estimate of drug-likeness (QED) is 0.788. The van der Waals surface area contributed by atoms with Gasteiger partial charge < -0.3 is 20.3 Å². The van der Waals surface area contributed by atoms with Crippen LogP contribution >= 0.6 is 11.6 Å². The summed E-state index contributed by atoms with van der Waals surface area (Å²) in [5.74, 6) is 0.447. The number of nitrogens with zero attached hydrogens (tertiary/aromatic N) is 1.